The molecule has 0 bridgehead atoms. The predicted octanol–water partition coefficient (Wildman–Crippen LogP) is 3.92. The van der Waals surface area contributed by atoms with Gasteiger partial charge in [-0.1, -0.05) is 0 Å². The van der Waals surface area contributed by atoms with Gasteiger partial charge in [-0.2, -0.15) is 0 Å². The number of nitrogens with zero attached hydrogens (tertiary/aromatic N) is 3. The fourth-order valence-electron chi connectivity index (χ4n) is 4.12. The standard InChI is InChI=1S/C23H26N4O2.BrH/c1-28-21-5-3-20(4-6-21)27-11-9-26(10-12-27)16-19-15-24-23(25-19)18-2-7-22-17(14-18)8-13-29-22;/h2-7,14-15H,8-13,16H2,1H3,(H,24,25);1H. The number of rotatable bonds is 5. The first-order valence-corrected chi connectivity index (χ1v) is 10.2. The van der Waals surface area contributed by atoms with Crippen molar-refractivity contribution in [3.05, 3.63) is 59.9 Å². The highest BCUT2D eigenvalue weighted by atomic mass is 79.9. The first kappa shape index (κ1) is 20.8. The van der Waals surface area contributed by atoms with Gasteiger partial charge in [0.05, 0.1) is 13.7 Å². The first-order valence-electron chi connectivity index (χ1n) is 10.2. The number of aromatic amines is 1. The third-order valence-electron chi connectivity index (χ3n) is 5.80. The third-order valence-corrected chi connectivity index (χ3v) is 5.80. The van der Waals surface area contributed by atoms with Crippen LogP contribution in [-0.4, -0.2) is 54.8 Å². The molecule has 5 rings (SSSR count). The van der Waals surface area contributed by atoms with Gasteiger partial charge in [0, 0.05) is 62.3 Å². The fourth-order valence-corrected chi connectivity index (χ4v) is 4.12. The zero-order chi connectivity index (χ0) is 19.6. The molecule has 6 nitrogen and oxygen atoms in total. The number of halogens is 1. The number of imidazole rings is 1. The Hall–Kier alpha value is -2.51. The van der Waals surface area contributed by atoms with Crippen LogP contribution in [0.3, 0.4) is 0 Å². The minimum atomic E-state index is 0. The zero-order valence-corrected chi connectivity index (χ0v) is 18.8. The summed E-state index contributed by atoms with van der Waals surface area (Å²) in [5, 5.41) is 0. The summed E-state index contributed by atoms with van der Waals surface area (Å²) in [6.45, 7) is 5.81. The van der Waals surface area contributed by atoms with Gasteiger partial charge in [-0.15, -0.1) is 17.0 Å². The van der Waals surface area contributed by atoms with Crippen LogP contribution < -0.4 is 14.4 Å². The van der Waals surface area contributed by atoms with E-state index >= 15 is 0 Å². The summed E-state index contributed by atoms with van der Waals surface area (Å²) in [6, 6.07) is 14.7. The third kappa shape index (κ3) is 4.32. The number of benzene rings is 2. The van der Waals surface area contributed by atoms with Gasteiger partial charge in [-0.3, -0.25) is 4.90 Å². The maximum absolute atomic E-state index is 5.60. The minimum Gasteiger partial charge on any atom is -0.497 e. The largest absolute Gasteiger partial charge is 0.497 e. The number of anilines is 1. The maximum atomic E-state index is 5.60. The van der Waals surface area contributed by atoms with E-state index in [1.165, 1.54) is 11.3 Å². The van der Waals surface area contributed by atoms with Crippen LogP contribution in [0.15, 0.2) is 48.7 Å². The smallest absolute Gasteiger partial charge is 0.137 e. The monoisotopic (exact) mass is 470 g/mol. The molecule has 7 heteroatoms. The Morgan fingerprint density at radius 3 is 2.63 bits per heavy atom. The molecule has 0 radical (unpaired) electrons. The number of aromatic nitrogens is 2. The maximum Gasteiger partial charge on any atom is 0.137 e. The molecule has 3 aromatic rings. The summed E-state index contributed by atoms with van der Waals surface area (Å²) in [4.78, 5) is 13.0. The van der Waals surface area contributed by atoms with Gasteiger partial charge in [0.25, 0.3) is 0 Å². The molecule has 1 saturated heterocycles. The Bertz CT molecular complexity index is 981. The summed E-state index contributed by atoms with van der Waals surface area (Å²) >= 11 is 0. The summed E-state index contributed by atoms with van der Waals surface area (Å²) in [6.07, 6.45) is 2.95. The van der Waals surface area contributed by atoms with E-state index in [2.05, 4.69) is 50.1 Å². The number of methoxy groups -OCH3 is 1. The molecule has 3 heterocycles. The van der Waals surface area contributed by atoms with E-state index in [-0.39, 0.29) is 17.0 Å². The van der Waals surface area contributed by atoms with E-state index in [0.717, 1.165) is 74.3 Å². The predicted molar refractivity (Wildman–Crippen MR) is 124 cm³/mol. The highest BCUT2D eigenvalue weighted by Crippen LogP contribution is 2.29. The van der Waals surface area contributed by atoms with Crippen molar-refractivity contribution < 1.29 is 9.47 Å². The normalized spacial score (nSPS) is 16.0. The average molecular weight is 471 g/mol. The molecule has 0 saturated carbocycles. The highest BCUT2D eigenvalue weighted by Gasteiger charge is 2.19. The van der Waals surface area contributed by atoms with Gasteiger partial charge in [-0.25, -0.2) is 4.98 Å². The summed E-state index contributed by atoms with van der Waals surface area (Å²) in [5.41, 5.74) is 4.82. The van der Waals surface area contributed by atoms with Crippen LogP contribution >= 0.6 is 17.0 Å². The van der Waals surface area contributed by atoms with Crippen molar-refractivity contribution in [2.45, 2.75) is 13.0 Å². The van der Waals surface area contributed by atoms with E-state index in [4.69, 9.17) is 9.47 Å². The van der Waals surface area contributed by atoms with Crippen molar-refractivity contribution in [3.63, 3.8) is 0 Å². The van der Waals surface area contributed by atoms with Crippen LogP contribution in [0.2, 0.25) is 0 Å². The van der Waals surface area contributed by atoms with Crippen LogP contribution in [0.5, 0.6) is 11.5 Å². The van der Waals surface area contributed by atoms with Crippen LogP contribution in [0.1, 0.15) is 11.3 Å². The Balaban J connectivity index is 0.00000218. The van der Waals surface area contributed by atoms with E-state index in [0.29, 0.717) is 0 Å². The van der Waals surface area contributed by atoms with E-state index in [1.54, 1.807) is 7.11 Å². The van der Waals surface area contributed by atoms with Gasteiger partial charge in [0.15, 0.2) is 0 Å². The molecular weight excluding hydrogens is 444 g/mol. The number of hydrogen-bond donors (Lipinski definition) is 1. The van der Waals surface area contributed by atoms with Crippen molar-refractivity contribution >= 4 is 22.7 Å². The van der Waals surface area contributed by atoms with Crippen LogP contribution in [-0.2, 0) is 13.0 Å². The van der Waals surface area contributed by atoms with Crippen LogP contribution in [0.4, 0.5) is 5.69 Å². The topological polar surface area (TPSA) is 53.6 Å². The Morgan fingerprint density at radius 1 is 1.07 bits per heavy atom. The molecular formula is C23H27BrN4O2. The summed E-state index contributed by atoms with van der Waals surface area (Å²) in [5.74, 6) is 2.85. The van der Waals surface area contributed by atoms with Gasteiger partial charge < -0.3 is 19.4 Å². The Labute approximate surface area is 187 Å². The fraction of sp³-hybridized carbons (Fsp3) is 0.348. The lowest BCUT2D eigenvalue weighted by Gasteiger charge is -2.35. The van der Waals surface area contributed by atoms with Crippen molar-refractivity contribution in [2.75, 3.05) is 44.8 Å². The van der Waals surface area contributed by atoms with Crippen molar-refractivity contribution in [3.8, 4) is 22.9 Å². The lowest BCUT2D eigenvalue weighted by molar-refractivity contribution is 0.247. The number of H-pyrrole nitrogens is 1. The second kappa shape index (κ2) is 9.10. The number of hydrogen-bond acceptors (Lipinski definition) is 5. The molecule has 30 heavy (non-hydrogen) atoms. The molecule has 0 aliphatic carbocycles. The molecule has 2 aliphatic heterocycles. The number of fused-ring (bicyclic) bond motifs is 1. The average Bonchev–Trinajstić information content (AvgIpc) is 3.43. The van der Waals surface area contributed by atoms with Crippen molar-refractivity contribution in [1.82, 2.24) is 14.9 Å². The summed E-state index contributed by atoms with van der Waals surface area (Å²) < 4.78 is 10.9. The van der Waals surface area contributed by atoms with Gasteiger partial charge in [0.1, 0.15) is 17.3 Å². The molecule has 0 amide bonds. The first-order chi connectivity index (χ1) is 14.3. The number of ether oxygens (including phenoxy) is 2. The van der Waals surface area contributed by atoms with E-state index < -0.39 is 0 Å². The molecule has 1 fully saturated rings. The number of piperazine rings is 1. The second-order valence-electron chi connectivity index (χ2n) is 7.64. The minimum absolute atomic E-state index is 0. The van der Waals surface area contributed by atoms with Gasteiger partial charge in [-0.05, 0) is 48.0 Å². The quantitative estimate of drug-likeness (QED) is 0.612. The molecule has 0 atom stereocenters. The Morgan fingerprint density at radius 2 is 1.87 bits per heavy atom. The lowest BCUT2D eigenvalue weighted by atomic mass is 10.1. The van der Waals surface area contributed by atoms with Gasteiger partial charge >= 0.3 is 0 Å². The molecule has 158 valence electrons. The zero-order valence-electron chi connectivity index (χ0n) is 17.1. The number of nitrogens with one attached hydrogen (secondary N) is 1. The molecule has 1 aromatic heterocycles. The summed E-state index contributed by atoms with van der Waals surface area (Å²) in [7, 11) is 1.70. The highest BCUT2D eigenvalue weighted by molar-refractivity contribution is 8.93. The van der Waals surface area contributed by atoms with E-state index in [1.807, 2.05) is 18.3 Å². The second-order valence-corrected chi connectivity index (χ2v) is 7.64. The van der Waals surface area contributed by atoms with Crippen molar-refractivity contribution in [2.24, 2.45) is 0 Å². The molecule has 2 aliphatic rings. The van der Waals surface area contributed by atoms with Crippen molar-refractivity contribution in [1.29, 1.82) is 0 Å². The van der Waals surface area contributed by atoms with Crippen LogP contribution in [0.25, 0.3) is 11.4 Å². The van der Waals surface area contributed by atoms with E-state index in [9.17, 15) is 0 Å². The molecule has 0 spiro atoms. The lowest BCUT2D eigenvalue weighted by Crippen LogP contribution is -2.46. The molecule has 1 N–H and O–H groups in total. The Kier molecular flexibility index (Phi) is 6.29. The van der Waals surface area contributed by atoms with Gasteiger partial charge in [0.2, 0.25) is 0 Å². The van der Waals surface area contributed by atoms with Crippen LogP contribution in [0, 0.1) is 0 Å². The molecule has 2 aromatic carbocycles. The SMILES string of the molecule is Br.COc1ccc(N2CCN(Cc3cnc(-c4ccc5c(c4)CCO5)[nH]3)CC2)cc1. The molecule has 0 unspecified atom stereocenters.